The van der Waals surface area contributed by atoms with Crippen LogP contribution in [0.1, 0.15) is 33.6 Å². The van der Waals surface area contributed by atoms with E-state index in [1.807, 2.05) is 25.1 Å². The number of carbonyl (C=O) groups is 1. The summed E-state index contributed by atoms with van der Waals surface area (Å²) in [6, 6.07) is 12.4. The lowest BCUT2D eigenvalue weighted by atomic mass is 10.2. The molecule has 32 heavy (non-hydrogen) atoms. The van der Waals surface area contributed by atoms with Gasteiger partial charge in [-0.25, -0.2) is 0 Å². The number of rotatable bonds is 9. The number of nitrogens with zero attached hydrogens (tertiary/aromatic N) is 3. The summed E-state index contributed by atoms with van der Waals surface area (Å²) in [4.78, 5) is 16.7. The van der Waals surface area contributed by atoms with Crippen LogP contribution in [0, 0.1) is 0 Å². The molecule has 0 bridgehead atoms. The monoisotopic (exact) mass is 448 g/mol. The molecule has 162 valence electrons. The highest BCUT2D eigenvalue weighted by Crippen LogP contribution is 2.30. The number of furan rings is 1. The summed E-state index contributed by atoms with van der Waals surface area (Å²) in [5.41, 5.74) is 1.41. The fourth-order valence-corrected chi connectivity index (χ4v) is 3.38. The molecule has 3 heterocycles. The number of nitrogens with one attached hydrogen (secondary N) is 1. The molecule has 1 amide bonds. The number of benzene rings is 1. The van der Waals surface area contributed by atoms with E-state index < -0.39 is 0 Å². The van der Waals surface area contributed by atoms with Crippen molar-refractivity contribution in [3.05, 3.63) is 83.0 Å². The van der Waals surface area contributed by atoms with Crippen molar-refractivity contribution in [2.75, 3.05) is 11.9 Å². The van der Waals surface area contributed by atoms with Gasteiger partial charge in [0, 0.05) is 18.0 Å². The Kier molecular flexibility index (Phi) is 6.88. The summed E-state index contributed by atoms with van der Waals surface area (Å²) < 4.78 is 16.8. The van der Waals surface area contributed by atoms with Crippen LogP contribution < -0.4 is 14.8 Å². The SMILES string of the molecule is CCOc1cc(C(=O)Nc2nnc(C=Cc3ccco3)s2)ccc1OCc1ccncc1. The number of ether oxygens (including phenoxy) is 2. The van der Waals surface area contributed by atoms with Gasteiger partial charge in [-0.05, 0) is 67.1 Å². The predicted molar refractivity (Wildman–Crippen MR) is 122 cm³/mol. The minimum Gasteiger partial charge on any atom is -0.490 e. The largest absolute Gasteiger partial charge is 0.490 e. The van der Waals surface area contributed by atoms with E-state index in [9.17, 15) is 4.79 Å². The van der Waals surface area contributed by atoms with Gasteiger partial charge in [0.15, 0.2) is 11.5 Å². The number of amides is 1. The fraction of sp³-hybridized carbons (Fsp3) is 0.130. The first-order chi connectivity index (χ1) is 15.7. The number of anilines is 1. The molecular formula is C23H20N4O4S. The molecule has 0 aliphatic heterocycles. The van der Waals surface area contributed by atoms with Crippen molar-refractivity contribution in [3.63, 3.8) is 0 Å². The molecule has 0 unspecified atom stereocenters. The third-order valence-electron chi connectivity index (χ3n) is 4.24. The van der Waals surface area contributed by atoms with Gasteiger partial charge in [0.1, 0.15) is 17.4 Å². The molecule has 1 aromatic carbocycles. The van der Waals surface area contributed by atoms with Gasteiger partial charge in [-0.15, -0.1) is 10.2 Å². The Morgan fingerprint density at radius 1 is 1.09 bits per heavy atom. The Labute approximate surface area is 188 Å². The zero-order chi connectivity index (χ0) is 22.2. The second kappa shape index (κ2) is 10.4. The lowest BCUT2D eigenvalue weighted by Gasteiger charge is -2.13. The summed E-state index contributed by atoms with van der Waals surface area (Å²) in [7, 11) is 0. The van der Waals surface area contributed by atoms with Crippen molar-refractivity contribution >= 4 is 34.5 Å². The van der Waals surface area contributed by atoms with Crippen LogP contribution in [0.15, 0.2) is 65.5 Å². The highest BCUT2D eigenvalue weighted by Gasteiger charge is 2.14. The molecule has 0 atom stereocenters. The summed E-state index contributed by atoms with van der Waals surface area (Å²) in [6.07, 6.45) is 8.57. The number of pyridine rings is 1. The second-order valence-corrected chi connectivity index (χ2v) is 7.50. The Hall–Kier alpha value is -3.98. The van der Waals surface area contributed by atoms with Crippen LogP contribution >= 0.6 is 11.3 Å². The van der Waals surface area contributed by atoms with Crippen molar-refractivity contribution in [2.24, 2.45) is 0 Å². The predicted octanol–water partition coefficient (Wildman–Crippen LogP) is 4.93. The summed E-state index contributed by atoms with van der Waals surface area (Å²) in [5.74, 6) is 1.44. The third kappa shape index (κ3) is 5.58. The molecule has 1 N–H and O–H groups in total. The Balaban J connectivity index is 1.42. The van der Waals surface area contributed by atoms with Gasteiger partial charge in [0.05, 0.1) is 12.9 Å². The maximum absolute atomic E-state index is 12.7. The van der Waals surface area contributed by atoms with E-state index in [-0.39, 0.29) is 5.91 Å². The molecule has 3 aromatic heterocycles. The van der Waals surface area contributed by atoms with Crippen LogP contribution in [0.2, 0.25) is 0 Å². The number of carbonyl (C=O) groups excluding carboxylic acids is 1. The first kappa shape index (κ1) is 21.3. The van der Waals surface area contributed by atoms with Crippen molar-refractivity contribution in [3.8, 4) is 11.5 Å². The van der Waals surface area contributed by atoms with Crippen LogP contribution in [-0.2, 0) is 6.61 Å². The molecule has 0 fully saturated rings. The number of aromatic nitrogens is 3. The average molecular weight is 449 g/mol. The standard InChI is InChI=1S/C23H20N4O4S/c1-2-29-20-14-17(5-7-19(20)31-15-16-9-11-24-12-10-16)22(28)25-23-27-26-21(32-23)8-6-18-4-3-13-30-18/h3-14H,2,15H2,1H3,(H,25,27,28). The van der Waals surface area contributed by atoms with Gasteiger partial charge in [0.2, 0.25) is 5.13 Å². The molecular weight excluding hydrogens is 428 g/mol. The first-order valence-electron chi connectivity index (χ1n) is 9.86. The topological polar surface area (TPSA) is 99.4 Å². The highest BCUT2D eigenvalue weighted by molar-refractivity contribution is 7.16. The number of hydrogen-bond donors (Lipinski definition) is 1. The van der Waals surface area contributed by atoms with E-state index in [0.29, 0.717) is 46.2 Å². The van der Waals surface area contributed by atoms with Gasteiger partial charge in [-0.3, -0.25) is 15.1 Å². The second-order valence-electron chi connectivity index (χ2n) is 6.49. The molecule has 0 aliphatic carbocycles. The lowest BCUT2D eigenvalue weighted by Crippen LogP contribution is -2.12. The van der Waals surface area contributed by atoms with Gasteiger partial charge in [0.25, 0.3) is 5.91 Å². The van der Waals surface area contributed by atoms with Gasteiger partial charge >= 0.3 is 0 Å². The van der Waals surface area contributed by atoms with Crippen LogP contribution in [0.4, 0.5) is 5.13 Å². The molecule has 0 saturated heterocycles. The van der Waals surface area contributed by atoms with Crippen LogP contribution in [-0.4, -0.2) is 27.7 Å². The zero-order valence-electron chi connectivity index (χ0n) is 17.2. The summed E-state index contributed by atoms with van der Waals surface area (Å²) in [6.45, 7) is 2.68. The Morgan fingerprint density at radius 2 is 1.97 bits per heavy atom. The minimum absolute atomic E-state index is 0.315. The summed E-state index contributed by atoms with van der Waals surface area (Å²) in [5, 5.41) is 11.9. The molecule has 0 radical (unpaired) electrons. The molecule has 4 aromatic rings. The maximum atomic E-state index is 12.7. The highest BCUT2D eigenvalue weighted by atomic mass is 32.1. The molecule has 0 saturated carbocycles. The van der Waals surface area contributed by atoms with Crippen molar-refractivity contribution < 1.29 is 18.7 Å². The third-order valence-corrected chi connectivity index (χ3v) is 5.05. The number of hydrogen-bond acceptors (Lipinski definition) is 8. The quantitative estimate of drug-likeness (QED) is 0.388. The fourth-order valence-electron chi connectivity index (χ4n) is 2.74. The van der Waals surface area contributed by atoms with E-state index in [0.717, 1.165) is 5.56 Å². The normalized spacial score (nSPS) is 10.9. The average Bonchev–Trinajstić information content (AvgIpc) is 3.50. The van der Waals surface area contributed by atoms with E-state index in [2.05, 4.69) is 20.5 Å². The van der Waals surface area contributed by atoms with Gasteiger partial charge in [-0.2, -0.15) is 0 Å². The van der Waals surface area contributed by atoms with Gasteiger partial charge in [-0.1, -0.05) is 11.3 Å². The summed E-state index contributed by atoms with van der Waals surface area (Å²) >= 11 is 1.26. The molecule has 0 aliphatic rings. The van der Waals surface area contributed by atoms with E-state index in [4.69, 9.17) is 13.9 Å². The van der Waals surface area contributed by atoms with Crippen molar-refractivity contribution in [2.45, 2.75) is 13.5 Å². The Bertz CT molecular complexity index is 1190. The smallest absolute Gasteiger partial charge is 0.257 e. The van der Waals surface area contributed by atoms with E-state index >= 15 is 0 Å². The Morgan fingerprint density at radius 3 is 2.75 bits per heavy atom. The molecule has 9 heteroatoms. The molecule has 0 spiro atoms. The zero-order valence-corrected chi connectivity index (χ0v) is 18.0. The maximum Gasteiger partial charge on any atom is 0.257 e. The van der Waals surface area contributed by atoms with Gasteiger partial charge < -0.3 is 13.9 Å². The first-order valence-corrected chi connectivity index (χ1v) is 10.7. The molecule has 4 rings (SSSR count). The van der Waals surface area contributed by atoms with Crippen LogP contribution in [0.25, 0.3) is 12.2 Å². The van der Waals surface area contributed by atoms with Crippen LogP contribution in [0.5, 0.6) is 11.5 Å². The lowest BCUT2D eigenvalue weighted by molar-refractivity contribution is 0.102. The molecule has 8 nitrogen and oxygen atoms in total. The van der Waals surface area contributed by atoms with E-state index in [1.165, 1.54) is 11.3 Å². The van der Waals surface area contributed by atoms with Crippen molar-refractivity contribution in [1.82, 2.24) is 15.2 Å². The van der Waals surface area contributed by atoms with Crippen LogP contribution in [0.3, 0.4) is 0 Å². The van der Waals surface area contributed by atoms with Crippen molar-refractivity contribution in [1.29, 1.82) is 0 Å². The minimum atomic E-state index is -0.315. The van der Waals surface area contributed by atoms with E-state index in [1.54, 1.807) is 55.1 Å².